The minimum absolute atomic E-state index is 0.0180. The number of carbonyl (C=O) groups excluding carboxylic acids is 2. The number of para-hydroxylation sites is 2. The van der Waals surface area contributed by atoms with Crippen LogP contribution in [0.5, 0.6) is 5.75 Å². The van der Waals surface area contributed by atoms with Crippen LogP contribution in [0.15, 0.2) is 88.7 Å². The van der Waals surface area contributed by atoms with Crippen LogP contribution in [0, 0.1) is 0 Å². The minimum atomic E-state index is -0.899. The van der Waals surface area contributed by atoms with Crippen LogP contribution < -0.4 is 4.90 Å². The summed E-state index contributed by atoms with van der Waals surface area (Å²) in [5, 5.41) is 20.8. The number of anilines is 1. The van der Waals surface area contributed by atoms with E-state index in [1.807, 2.05) is 6.07 Å². The average Bonchev–Trinajstić information content (AvgIpc) is 3.31. The molecule has 0 saturated heterocycles. The highest BCUT2D eigenvalue weighted by Gasteiger charge is 2.45. The molecule has 1 aromatic heterocycles. The fourth-order valence-electron chi connectivity index (χ4n) is 3.24. The Hall–Kier alpha value is -3.80. The predicted molar refractivity (Wildman–Crippen MR) is 97.5 cm³/mol. The number of aliphatic hydroxyl groups is 1. The van der Waals surface area contributed by atoms with Crippen LogP contribution in [0.3, 0.4) is 0 Å². The molecule has 1 aliphatic heterocycles. The molecule has 3 aromatic rings. The molecule has 134 valence electrons. The van der Waals surface area contributed by atoms with E-state index in [1.54, 1.807) is 48.5 Å². The Balaban J connectivity index is 1.91. The molecule has 27 heavy (non-hydrogen) atoms. The normalized spacial score (nSPS) is 16.8. The molecule has 0 spiro atoms. The third-order valence-electron chi connectivity index (χ3n) is 4.45. The summed E-state index contributed by atoms with van der Waals surface area (Å²) in [5.41, 5.74) is 0.725. The second-order valence-electron chi connectivity index (χ2n) is 6.05. The van der Waals surface area contributed by atoms with Crippen molar-refractivity contribution in [2.24, 2.45) is 0 Å². The first-order valence-corrected chi connectivity index (χ1v) is 8.27. The number of ketones is 1. The number of benzene rings is 2. The van der Waals surface area contributed by atoms with Crippen molar-refractivity contribution in [3.05, 3.63) is 95.6 Å². The van der Waals surface area contributed by atoms with Gasteiger partial charge in [-0.3, -0.25) is 14.5 Å². The average molecular weight is 361 g/mol. The summed E-state index contributed by atoms with van der Waals surface area (Å²) in [6.07, 6.45) is 1.35. The van der Waals surface area contributed by atoms with E-state index < -0.39 is 23.5 Å². The molecule has 2 N–H and O–H groups in total. The maximum atomic E-state index is 13.0. The van der Waals surface area contributed by atoms with Gasteiger partial charge in [-0.25, -0.2) is 0 Å². The maximum absolute atomic E-state index is 13.0. The first-order valence-electron chi connectivity index (χ1n) is 8.27. The van der Waals surface area contributed by atoms with E-state index in [9.17, 15) is 19.8 Å². The van der Waals surface area contributed by atoms with E-state index in [2.05, 4.69) is 0 Å². The number of aromatic hydroxyl groups is 1. The van der Waals surface area contributed by atoms with Gasteiger partial charge >= 0.3 is 0 Å². The zero-order chi connectivity index (χ0) is 19.0. The van der Waals surface area contributed by atoms with E-state index in [0.717, 1.165) is 0 Å². The van der Waals surface area contributed by atoms with Gasteiger partial charge in [0, 0.05) is 0 Å². The molecular formula is C21H15NO5. The zero-order valence-electron chi connectivity index (χ0n) is 14.1. The number of phenolic OH excluding ortho intramolecular Hbond substituents is 1. The van der Waals surface area contributed by atoms with Gasteiger partial charge in [-0.1, -0.05) is 42.5 Å². The number of hydrogen-bond acceptors (Lipinski definition) is 5. The minimum Gasteiger partial charge on any atom is -0.506 e. The number of Topliss-reactive ketones (excluding diaryl/α,β-unsaturated/α-hetero) is 1. The molecular weight excluding hydrogens is 346 g/mol. The summed E-state index contributed by atoms with van der Waals surface area (Å²) in [6.45, 7) is 0. The molecule has 6 heteroatoms. The first kappa shape index (κ1) is 16.7. The third-order valence-corrected chi connectivity index (χ3v) is 4.45. The Bertz CT molecular complexity index is 1040. The summed E-state index contributed by atoms with van der Waals surface area (Å²) < 4.78 is 5.17. The van der Waals surface area contributed by atoms with Crippen LogP contribution >= 0.6 is 0 Å². The summed E-state index contributed by atoms with van der Waals surface area (Å²) in [4.78, 5) is 27.0. The van der Waals surface area contributed by atoms with Gasteiger partial charge in [0.25, 0.3) is 5.91 Å². The van der Waals surface area contributed by atoms with Crippen molar-refractivity contribution in [3.63, 3.8) is 0 Å². The topological polar surface area (TPSA) is 91.0 Å². The maximum Gasteiger partial charge on any atom is 0.294 e. The summed E-state index contributed by atoms with van der Waals surface area (Å²) in [5.74, 6) is -2.12. The van der Waals surface area contributed by atoms with E-state index in [0.29, 0.717) is 5.56 Å². The van der Waals surface area contributed by atoms with Crippen LogP contribution in [0.25, 0.3) is 0 Å². The standard InChI is InChI=1S/C21H15NO5/c23-15-10-5-4-9-14(15)22-18(13-7-2-1-3-8-13)17(20(25)21(22)26)19(24)16-11-6-12-27-16/h1-12,18,23,25H. The molecule has 0 aliphatic carbocycles. The number of amides is 1. The third kappa shape index (κ3) is 2.67. The lowest BCUT2D eigenvalue weighted by molar-refractivity contribution is -0.117. The highest BCUT2D eigenvalue weighted by atomic mass is 16.3. The number of carbonyl (C=O) groups is 2. The molecule has 1 aliphatic rings. The molecule has 1 amide bonds. The Morgan fingerprint density at radius 1 is 0.926 bits per heavy atom. The number of aliphatic hydroxyl groups excluding tert-OH is 1. The largest absolute Gasteiger partial charge is 0.506 e. The van der Waals surface area contributed by atoms with Crippen LogP contribution in [0.1, 0.15) is 22.2 Å². The fourth-order valence-corrected chi connectivity index (χ4v) is 3.24. The van der Waals surface area contributed by atoms with Crippen molar-refractivity contribution in [1.29, 1.82) is 0 Å². The molecule has 0 saturated carbocycles. The number of nitrogens with zero attached hydrogens (tertiary/aromatic N) is 1. The Morgan fingerprint density at radius 2 is 1.63 bits per heavy atom. The smallest absolute Gasteiger partial charge is 0.294 e. The van der Waals surface area contributed by atoms with Crippen molar-refractivity contribution >= 4 is 17.4 Å². The molecule has 2 heterocycles. The lowest BCUT2D eigenvalue weighted by Crippen LogP contribution is -2.31. The van der Waals surface area contributed by atoms with Crippen LogP contribution in [0.4, 0.5) is 5.69 Å². The molecule has 2 aromatic carbocycles. The summed E-state index contributed by atoms with van der Waals surface area (Å²) in [6, 6.07) is 17.3. The predicted octanol–water partition coefficient (Wildman–Crippen LogP) is 3.77. The van der Waals surface area contributed by atoms with Gasteiger partial charge in [0.2, 0.25) is 5.78 Å². The Labute approximate surface area is 154 Å². The van der Waals surface area contributed by atoms with Gasteiger partial charge in [-0.05, 0) is 29.8 Å². The van der Waals surface area contributed by atoms with Gasteiger partial charge in [0.15, 0.2) is 11.5 Å². The monoisotopic (exact) mass is 361 g/mol. The van der Waals surface area contributed by atoms with Gasteiger partial charge in [0.05, 0.1) is 23.6 Å². The van der Waals surface area contributed by atoms with Crippen LogP contribution in [0.2, 0.25) is 0 Å². The van der Waals surface area contributed by atoms with Crippen molar-refractivity contribution in [2.75, 3.05) is 4.90 Å². The van der Waals surface area contributed by atoms with Crippen molar-refractivity contribution < 1.29 is 24.2 Å². The molecule has 1 unspecified atom stereocenters. The second-order valence-corrected chi connectivity index (χ2v) is 6.05. The summed E-state index contributed by atoms with van der Waals surface area (Å²) in [7, 11) is 0. The van der Waals surface area contributed by atoms with E-state index in [1.165, 1.54) is 23.3 Å². The van der Waals surface area contributed by atoms with E-state index in [4.69, 9.17) is 4.42 Å². The number of phenols is 1. The van der Waals surface area contributed by atoms with Gasteiger partial charge < -0.3 is 14.6 Å². The lowest BCUT2D eigenvalue weighted by atomic mass is 9.95. The van der Waals surface area contributed by atoms with Crippen molar-refractivity contribution in [1.82, 2.24) is 0 Å². The number of hydrogen-bond donors (Lipinski definition) is 2. The SMILES string of the molecule is O=C(C1=C(O)C(=O)N(c2ccccc2O)C1c1ccccc1)c1ccco1. The summed E-state index contributed by atoms with van der Waals surface area (Å²) >= 11 is 0. The van der Waals surface area contributed by atoms with Gasteiger partial charge in [-0.15, -0.1) is 0 Å². The zero-order valence-corrected chi connectivity index (χ0v) is 14.1. The molecule has 1 atom stereocenters. The number of rotatable bonds is 4. The Kier molecular flexibility index (Phi) is 4.01. The molecule has 0 fully saturated rings. The molecule has 4 rings (SSSR count). The second kappa shape index (κ2) is 6.49. The van der Waals surface area contributed by atoms with Crippen molar-refractivity contribution in [3.8, 4) is 5.75 Å². The van der Waals surface area contributed by atoms with Gasteiger partial charge in [0.1, 0.15) is 5.75 Å². The molecule has 6 nitrogen and oxygen atoms in total. The quantitative estimate of drug-likeness (QED) is 0.690. The van der Waals surface area contributed by atoms with Gasteiger partial charge in [-0.2, -0.15) is 0 Å². The van der Waals surface area contributed by atoms with E-state index in [-0.39, 0.29) is 22.8 Å². The van der Waals surface area contributed by atoms with Crippen LogP contribution in [-0.4, -0.2) is 21.9 Å². The highest BCUT2D eigenvalue weighted by molar-refractivity contribution is 6.20. The van der Waals surface area contributed by atoms with Crippen molar-refractivity contribution in [2.45, 2.75) is 6.04 Å². The lowest BCUT2D eigenvalue weighted by Gasteiger charge is -2.27. The van der Waals surface area contributed by atoms with E-state index >= 15 is 0 Å². The first-order chi connectivity index (χ1) is 13.1. The molecule has 0 radical (unpaired) electrons. The fraction of sp³-hybridized carbons (Fsp3) is 0.0476. The molecule has 0 bridgehead atoms. The Morgan fingerprint density at radius 3 is 2.30 bits per heavy atom. The highest BCUT2D eigenvalue weighted by Crippen LogP contribution is 2.44. The van der Waals surface area contributed by atoms with Crippen LogP contribution in [-0.2, 0) is 4.79 Å². The number of furan rings is 1.